The highest BCUT2D eigenvalue weighted by atomic mass is 32.2. The highest BCUT2D eigenvalue weighted by molar-refractivity contribution is 7.89. The highest BCUT2D eigenvalue weighted by Gasteiger charge is 2.33. The summed E-state index contributed by atoms with van der Waals surface area (Å²) in [7, 11) is -3.50. The Hall–Kier alpha value is -1.11. The number of rotatable bonds is 5. The SMILES string of the molecule is CCCNc1ccccc1S(=O)(=O)N1C[C@@H](C)O[C@@H](C)C1. The molecule has 1 fully saturated rings. The molecule has 1 heterocycles. The molecule has 1 N–H and O–H groups in total. The second-order valence-corrected chi connectivity index (χ2v) is 7.41. The van der Waals surface area contributed by atoms with E-state index in [4.69, 9.17) is 4.74 Å². The Balaban J connectivity index is 2.31. The van der Waals surface area contributed by atoms with Gasteiger partial charge < -0.3 is 10.1 Å². The van der Waals surface area contributed by atoms with Crippen LogP contribution < -0.4 is 5.32 Å². The number of morpholine rings is 1. The number of benzene rings is 1. The summed E-state index contributed by atoms with van der Waals surface area (Å²) in [5.74, 6) is 0. The van der Waals surface area contributed by atoms with Crippen LogP contribution in [0.3, 0.4) is 0 Å². The second kappa shape index (κ2) is 6.77. The Morgan fingerprint density at radius 2 is 1.86 bits per heavy atom. The first kappa shape index (κ1) is 16.3. The number of ether oxygens (including phenoxy) is 1. The maximum absolute atomic E-state index is 12.9. The van der Waals surface area contributed by atoms with Crippen LogP contribution in [0, 0.1) is 0 Å². The van der Waals surface area contributed by atoms with E-state index in [1.54, 1.807) is 12.1 Å². The van der Waals surface area contributed by atoms with Crippen LogP contribution in [0.15, 0.2) is 29.2 Å². The topological polar surface area (TPSA) is 58.6 Å². The van der Waals surface area contributed by atoms with E-state index in [9.17, 15) is 8.42 Å². The van der Waals surface area contributed by atoms with E-state index in [1.165, 1.54) is 4.31 Å². The summed E-state index contributed by atoms with van der Waals surface area (Å²) in [5.41, 5.74) is 0.672. The molecule has 1 saturated heterocycles. The molecule has 0 amide bonds. The lowest BCUT2D eigenvalue weighted by atomic mass is 10.3. The summed E-state index contributed by atoms with van der Waals surface area (Å²) in [4.78, 5) is 0.347. The molecule has 0 aromatic heterocycles. The number of nitrogens with one attached hydrogen (secondary N) is 1. The van der Waals surface area contributed by atoms with Gasteiger partial charge >= 0.3 is 0 Å². The molecule has 0 bridgehead atoms. The first-order valence-electron chi connectivity index (χ1n) is 7.43. The Morgan fingerprint density at radius 1 is 1.24 bits per heavy atom. The monoisotopic (exact) mass is 312 g/mol. The van der Waals surface area contributed by atoms with Gasteiger partial charge in [-0.25, -0.2) is 8.42 Å². The van der Waals surface area contributed by atoms with Gasteiger partial charge in [-0.15, -0.1) is 0 Å². The standard InChI is InChI=1S/C15H24N2O3S/c1-4-9-16-14-7-5-6-8-15(14)21(18,19)17-10-12(2)20-13(3)11-17/h5-8,12-13,16H,4,9-11H2,1-3H3/t12-,13+. The summed E-state index contributed by atoms with van der Waals surface area (Å²) >= 11 is 0. The van der Waals surface area contributed by atoms with E-state index >= 15 is 0 Å². The average molecular weight is 312 g/mol. The van der Waals surface area contributed by atoms with Crippen molar-refractivity contribution in [2.45, 2.75) is 44.3 Å². The van der Waals surface area contributed by atoms with Gasteiger partial charge in [0.25, 0.3) is 0 Å². The Labute approximate surface area is 127 Å². The van der Waals surface area contributed by atoms with Gasteiger partial charge in [0.2, 0.25) is 10.0 Å². The third-order valence-electron chi connectivity index (χ3n) is 3.46. The van der Waals surface area contributed by atoms with Crippen molar-refractivity contribution in [3.63, 3.8) is 0 Å². The zero-order valence-electron chi connectivity index (χ0n) is 12.9. The average Bonchev–Trinajstić information content (AvgIpc) is 2.44. The maximum Gasteiger partial charge on any atom is 0.245 e. The fourth-order valence-electron chi connectivity index (χ4n) is 2.56. The quantitative estimate of drug-likeness (QED) is 0.906. The van der Waals surface area contributed by atoms with Crippen molar-refractivity contribution in [1.29, 1.82) is 0 Å². The lowest BCUT2D eigenvalue weighted by molar-refractivity contribution is -0.0440. The minimum atomic E-state index is -3.50. The Kier molecular flexibility index (Phi) is 5.24. The first-order valence-corrected chi connectivity index (χ1v) is 8.87. The third kappa shape index (κ3) is 3.75. The summed E-state index contributed by atoms with van der Waals surface area (Å²) < 4.78 is 32.9. The van der Waals surface area contributed by atoms with Gasteiger partial charge in [0.05, 0.1) is 17.9 Å². The van der Waals surface area contributed by atoms with E-state index in [0.717, 1.165) is 13.0 Å². The summed E-state index contributed by atoms with van der Waals surface area (Å²) in [6.45, 7) is 7.40. The number of hydrogen-bond donors (Lipinski definition) is 1. The largest absolute Gasteiger partial charge is 0.384 e. The van der Waals surface area contributed by atoms with Gasteiger partial charge in [-0.05, 0) is 32.4 Å². The highest BCUT2D eigenvalue weighted by Crippen LogP contribution is 2.26. The minimum Gasteiger partial charge on any atom is -0.384 e. The number of para-hydroxylation sites is 1. The van der Waals surface area contributed by atoms with E-state index in [2.05, 4.69) is 12.2 Å². The Bertz CT molecular complexity index is 564. The molecule has 118 valence electrons. The molecular formula is C15H24N2O3S. The van der Waals surface area contributed by atoms with Crippen LogP contribution in [-0.2, 0) is 14.8 Å². The molecule has 1 aliphatic heterocycles. The number of hydrogen-bond acceptors (Lipinski definition) is 4. The van der Waals surface area contributed by atoms with Gasteiger partial charge in [-0.2, -0.15) is 4.31 Å². The predicted molar refractivity (Wildman–Crippen MR) is 84.0 cm³/mol. The van der Waals surface area contributed by atoms with Crippen LogP contribution in [0.2, 0.25) is 0 Å². The number of anilines is 1. The molecule has 1 aromatic rings. The van der Waals surface area contributed by atoms with Crippen LogP contribution in [0.1, 0.15) is 27.2 Å². The second-order valence-electron chi connectivity index (χ2n) is 5.50. The fraction of sp³-hybridized carbons (Fsp3) is 0.600. The zero-order chi connectivity index (χ0) is 15.5. The van der Waals surface area contributed by atoms with E-state index in [0.29, 0.717) is 23.7 Å². The minimum absolute atomic E-state index is 0.0840. The molecule has 0 unspecified atom stereocenters. The molecule has 2 atom stereocenters. The van der Waals surface area contributed by atoms with Gasteiger partial charge in [0.1, 0.15) is 4.90 Å². The van der Waals surface area contributed by atoms with Crippen LogP contribution >= 0.6 is 0 Å². The molecule has 1 aromatic carbocycles. The van der Waals surface area contributed by atoms with Crippen molar-refractivity contribution in [3.8, 4) is 0 Å². The van der Waals surface area contributed by atoms with Crippen molar-refractivity contribution < 1.29 is 13.2 Å². The van der Waals surface area contributed by atoms with Crippen molar-refractivity contribution in [2.24, 2.45) is 0 Å². The van der Waals surface area contributed by atoms with Gasteiger partial charge in [-0.1, -0.05) is 19.1 Å². The molecule has 21 heavy (non-hydrogen) atoms. The molecule has 6 heteroatoms. The van der Waals surface area contributed by atoms with Crippen molar-refractivity contribution >= 4 is 15.7 Å². The third-order valence-corrected chi connectivity index (χ3v) is 5.35. The number of nitrogens with zero attached hydrogens (tertiary/aromatic N) is 1. The fourth-order valence-corrected chi connectivity index (χ4v) is 4.32. The van der Waals surface area contributed by atoms with E-state index in [-0.39, 0.29) is 12.2 Å². The zero-order valence-corrected chi connectivity index (χ0v) is 13.7. The van der Waals surface area contributed by atoms with Gasteiger partial charge in [0.15, 0.2) is 0 Å². The molecule has 0 radical (unpaired) electrons. The normalized spacial score (nSPS) is 24.0. The molecule has 0 aliphatic carbocycles. The van der Waals surface area contributed by atoms with Crippen molar-refractivity contribution in [2.75, 3.05) is 25.0 Å². The molecule has 0 spiro atoms. The number of sulfonamides is 1. The lowest BCUT2D eigenvalue weighted by Crippen LogP contribution is -2.48. The van der Waals surface area contributed by atoms with E-state index < -0.39 is 10.0 Å². The van der Waals surface area contributed by atoms with Crippen LogP contribution in [0.5, 0.6) is 0 Å². The maximum atomic E-state index is 12.9. The molecule has 2 rings (SSSR count). The van der Waals surface area contributed by atoms with Gasteiger partial charge in [-0.3, -0.25) is 0 Å². The predicted octanol–water partition coefficient (Wildman–Crippen LogP) is 2.31. The van der Waals surface area contributed by atoms with Gasteiger partial charge in [0, 0.05) is 19.6 Å². The van der Waals surface area contributed by atoms with Crippen LogP contribution in [0.25, 0.3) is 0 Å². The van der Waals surface area contributed by atoms with Crippen molar-refractivity contribution in [1.82, 2.24) is 4.31 Å². The Morgan fingerprint density at radius 3 is 2.48 bits per heavy atom. The lowest BCUT2D eigenvalue weighted by Gasteiger charge is -2.34. The van der Waals surface area contributed by atoms with Crippen molar-refractivity contribution in [3.05, 3.63) is 24.3 Å². The smallest absolute Gasteiger partial charge is 0.245 e. The van der Waals surface area contributed by atoms with E-state index in [1.807, 2.05) is 26.0 Å². The van der Waals surface area contributed by atoms with Crippen LogP contribution in [0.4, 0.5) is 5.69 Å². The molecular weight excluding hydrogens is 288 g/mol. The van der Waals surface area contributed by atoms with Crippen LogP contribution in [-0.4, -0.2) is 44.6 Å². The summed E-state index contributed by atoms with van der Waals surface area (Å²) in [6, 6.07) is 7.09. The summed E-state index contributed by atoms with van der Waals surface area (Å²) in [6.07, 6.45) is 0.776. The molecule has 5 nitrogen and oxygen atoms in total. The first-order chi connectivity index (χ1) is 9.95. The summed E-state index contributed by atoms with van der Waals surface area (Å²) in [5, 5.41) is 3.19. The molecule has 1 aliphatic rings. The molecule has 0 saturated carbocycles.